The van der Waals surface area contributed by atoms with E-state index in [0.717, 1.165) is 43.3 Å². The van der Waals surface area contributed by atoms with E-state index in [9.17, 15) is 20.1 Å². The third-order valence-corrected chi connectivity index (χ3v) is 10.2. The number of aliphatic hydroxyl groups excluding tert-OH is 3. The first-order chi connectivity index (χ1) is 17.5. The summed E-state index contributed by atoms with van der Waals surface area (Å²) in [6.45, 7) is 12.3. The molecule has 5 nitrogen and oxygen atoms in total. The third-order valence-electron chi connectivity index (χ3n) is 10.2. The normalized spacial score (nSPS) is 36.5. The molecule has 0 amide bonds. The van der Waals surface area contributed by atoms with Gasteiger partial charge in [0.25, 0.3) is 0 Å². The van der Waals surface area contributed by atoms with Gasteiger partial charge in [-0.1, -0.05) is 38.2 Å². The minimum Gasteiger partial charge on any atom is -0.462 e. The van der Waals surface area contributed by atoms with E-state index < -0.39 is 17.6 Å². The average Bonchev–Trinajstić information content (AvgIpc) is 3.63. The lowest BCUT2D eigenvalue weighted by Crippen LogP contribution is -2.37. The van der Waals surface area contributed by atoms with Gasteiger partial charge in [-0.05, 0) is 118 Å². The van der Waals surface area contributed by atoms with E-state index in [4.69, 9.17) is 4.74 Å². The number of esters is 1. The highest BCUT2D eigenvalue weighted by Gasteiger charge is 2.50. The van der Waals surface area contributed by atoms with E-state index in [1.807, 2.05) is 0 Å². The van der Waals surface area contributed by atoms with Gasteiger partial charge >= 0.3 is 5.97 Å². The molecule has 208 valence electrons. The van der Waals surface area contributed by atoms with Crippen LogP contribution in [0.4, 0.5) is 0 Å². The maximum Gasteiger partial charge on any atom is 0.314 e. The Kier molecular flexibility index (Phi) is 8.77. The Bertz CT molecular complexity index is 912. The second-order valence-corrected chi connectivity index (χ2v) is 13.5. The average molecular weight is 515 g/mol. The molecule has 0 spiro atoms. The predicted molar refractivity (Wildman–Crippen MR) is 147 cm³/mol. The van der Waals surface area contributed by atoms with Crippen molar-refractivity contribution in [3.63, 3.8) is 0 Å². The van der Waals surface area contributed by atoms with E-state index in [1.54, 1.807) is 13.8 Å². The predicted octanol–water partition coefficient (Wildman–Crippen LogP) is 5.88. The summed E-state index contributed by atoms with van der Waals surface area (Å²) >= 11 is 0. The molecule has 37 heavy (non-hydrogen) atoms. The molecule has 4 aliphatic carbocycles. The van der Waals surface area contributed by atoms with Crippen LogP contribution < -0.4 is 0 Å². The fourth-order valence-corrected chi connectivity index (χ4v) is 7.53. The molecule has 4 rings (SSSR count). The summed E-state index contributed by atoms with van der Waals surface area (Å²) in [5.41, 5.74) is 2.71. The Labute approximate surface area is 224 Å². The molecule has 4 aliphatic rings. The van der Waals surface area contributed by atoms with Crippen molar-refractivity contribution in [3.8, 4) is 0 Å². The summed E-state index contributed by atoms with van der Waals surface area (Å²) in [4.78, 5) is 12.6. The van der Waals surface area contributed by atoms with Crippen molar-refractivity contribution < 1.29 is 24.9 Å². The zero-order valence-electron chi connectivity index (χ0n) is 23.5. The van der Waals surface area contributed by atoms with Gasteiger partial charge < -0.3 is 20.1 Å². The van der Waals surface area contributed by atoms with Crippen molar-refractivity contribution >= 4 is 5.97 Å². The number of allylic oxidation sites excluding steroid dienone is 3. The molecular formula is C32H50O5. The minimum absolute atomic E-state index is 0.0199. The molecule has 0 aromatic carbocycles. The standard InChI is InChI=1S/C32H50O5/c1-20(8-15-29(23-10-11-23)37-30(36)31(3,4)19-33)26-13-14-27-22(7-6-16-32(26,27)5)9-12-24-17-25(34)18-28(35)21(24)2/h9,12,20,23,25-29,33-35H,2,6-8,10-11,13-19H2,1,3-5H3/t20-,25-,26-,27+,28+,29-,32-/m1/s1. The Hall–Kier alpha value is -1.43. The van der Waals surface area contributed by atoms with Crippen molar-refractivity contribution in [2.75, 3.05) is 6.61 Å². The van der Waals surface area contributed by atoms with Gasteiger partial charge in [-0.2, -0.15) is 0 Å². The Morgan fingerprint density at radius 2 is 1.92 bits per heavy atom. The number of rotatable bonds is 9. The monoisotopic (exact) mass is 514 g/mol. The number of carbonyl (C=O) groups is 1. The minimum atomic E-state index is -0.842. The van der Waals surface area contributed by atoms with E-state index in [-0.39, 0.29) is 24.1 Å². The fraction of sp³-hybridized carbons (Fsp3) is 0.781. The van der Waals surface area contributed by atoms with Gasteiger partial charge in [0, 0.05) is 6.42 Å². The summed E-state index contributed by atoms with van der Waals surface area (Å²) in [5, 5.41) is 29.9. The summed E-state index contributed by atoms with van der Waals surface area (Å²) in [5.74, 6) is 2.03. The van der Waals surface area contributed by atoms with Crippen molar-refractivity contribution in [2.24, 2.45) is 34.5 Å². The van der Waals surface area contributed by atoms with Crippen LogP contribution in [0.1, 0.15) is 98.3 Å². The highest BCUT2D eigenvalue weighted by Crippen LogP contribution is 2.60. The first-order valence-electron chi connectivity index (χ1n) is 14.7. The largest absolute Gasteiger partial charge is 0.462 e. The van der Waals surface area contributed by atoms with Crippen molar-refractivity contribution in [3.05, 3.63) is 35.5 Å². The summed E-state index contributed by atoms with van der Waals surface area (Å²) in [6, 6.07) is 0. The molecular weight excluding hydrogens is 464 g/mol. The van der Waals surface area contributed by atoms with Crippen LogP contribution in [-0.2, 0) is 9.53 Å². The molecule has 0 unspecified atom stereocenters. The molecule has 5 heteroatoms. The second kappa shape index (κ2) is 11.4. The zero-order chi connectivity index (χ0) is 27.0. The lowest BCUT2D eigenvalue weighted by Gasteiger charge is -2.44. The molecule has 0 radical (unpaired) electrons. The van der Waals surface area contributed by atoms with Crippen LogP contribution >= 0.6 is 0 Å². The summed E-state index contributed by atoms with van der Waals surface area (Å²) in [6.07, 6.45) is 14.5. The molecule has 0 heterocycles. The van der Waals surface area contributed by atoms with E-state index in [1.165, 1.54) is 31.3 Å². The highest BCUT2D eigenvalue weighted by molar-refractivity contribution is 5.76. The molecule has 0 bridgehead atoms. The molecule has 0 aromatic rings. The number of hydrogen-bond acceptors (Lipinski definition) is 5. The van der Waals surface area contributed by atoms with Crippen LogP contribution in [0.25, 0.3) is 0 Å². The first kappa shape index (κ1) is 28.6. The maximum atomic E-state index is 12.6. The second-order valence-electron chi connectivity index (χ2n) is 13.5. The van der Waals surface area contributed by atoms with Gasteiger partial charge in [0.05, 0.1) is 24.2 Å². The SMILES string of the molecule is C=C1C(=CC=C2CCC[C@]3(C)[C@@H]([C@H](C)CC[C@@H](OC(=O)C(C)(C)CO)C4CC4)CC[C@@H]23)C[C@@H](O)C[C@@H]1O. The van der Waals surface area contributed by atoms with Crippen LogP contribution in [0.15, 0.2) is 35.5 Å². The maximum absolute atomic E-state index is 12.6. The van der Waals surface area contributed by atoms with Gasteiger partial charge in [0.1, 0.15) is 6.10 Å². The molecule has 4 saturated carbocycles. The van der Waals surface area contributed by atoms with Gasteiger partial charge in [0.2, 0.25) is 0 Å². The Balaban J connectivity index is 1.40. The van der Waals surface area contributed by atoms with Gasteiger partial charge in [-0.15, -0.1) is 0 Å². The van der Waals surface area contributed by atoms with E-state index >= 15 is 0 Å². The first-order valence-corrected chi connectivity index (χ1v) is 14.7. The van der Waals surface area contributed by atoms with Crippen LogP contribution in [0, 0.1) is 34.5 Å². The zero-order valence-corrected chi connectivity index (χ0v) is 23.5. The van der Waals surface area contributed by atoms with Crippen molar-refractivity contribution in [1.29, 1.82) is 0 Å². The number of ether oxygens (including phenoxy) is 1. The number of carbonyl (C=O) groups excluding carboxylic acids is 1. The number of hydrogen-bond donors (Lipinski definition) is 3. The van der Waals surface area contributed by atoms with Crippen LogP contribution in [0.2, 0.25) is 0 Å². The van der Waals surface area contributed by atoms with E-state index in [2.05, 4.69) is 32.6 Å². The topological polar surface area (TPSA) is 87.0 Å². The fourth-order valence-electron chi connectivity index (χ4n) is 7.53. The molecule has 4 fully saturated rings. The van der Waals surface area contributed by atoms with E-state index in [0.29, 0.717) is 36.5 Å². The lowest BCUT2D eigenvalue weighted by molar-refractivity contribution is -0.163. The number of aliphatic hydroxyl groups is 3. The lowest BCUT2D eigenvalue weighted by atomic mass is 9.60. The highest BCUT2D eigenvalue weighted by atomic mass is 16.5. The van der Waals surface area contributed by atoms with Crippen LogP contribution in [0.3, 0.4) is 0 Å². The van der Waals surface area contributed by atoms with Gasteiger partial charge in [-0.3, -0.25) is 4.79 Å². The summed E-state index contributed by atoms with van der Waals surface area (Å²) in [7, 11) is 0. The molecule has 0 aromatic heterocycles. The van der Waals surface area contributed by atoms with Crippen LogP contribution in [0.5, 0.6) is 0 Å². The van der Waals surface area contributed by atoms with Crippen molar-refractivity contribution in [1.82, 2.24) is 0 Å². The van der Waals surface area contributed by atoms with Gasteiger partial charge in [0.15, 0.2) is 0 Å². The summed E-state index contributed by atoms with van der Waals surface area (Å²) < 4.78 is 5.95. The molecule has 7 atom stereocenters. The molecule has 3 N–H and O–H groups in total. The quantitative estimate of drug-likeness (QED) is 0.334. The van der Waals surface area contributed by atoms with Crippen LogP contribution in [-0.4, -0.2) is 46.2 Å². The Morgan fingerprint density at radius 1 is 1.19 bits per heavy atom. The number of fused-ring (bicyclic) bond motifs is 1. The van der Waals surface area contributed by atoms with Crippen molar-refractivity contribution in [2.45, 2.75) is 117 Å². The Morgan fingerprint density at radius 3 is 2.59 bits per heavy atom. The molecule has 0 aliphatic heterocycles. The molecule has 0 saturated heterocycles. The smallest absolute Gasteiger partial charge is 0.314 e. The van der Waals surface area contributed by atoms with Gasteiger partial charge in [-0.25, -0.2) is 0 Å². The third kappa shape index (κ3) is 6.25.